The third kappa shape index (κ3) is 4.28. The standard InChI is InChI=1S/C15H12Br2Cl2O2/c1-20-14-5-9(7-16)4-13(19)15(14)21-8-10-2-3-11(17)6-12(10)18/h2-6H,7-8H2,1H3. The van der Waals surface area contributed by atoms with Crippen LogP contribution in [0.2, 0.25) is 10.0 Å². The number of methoxy groups -OCH3 is 1. The molecule has 0 spiro atoms. The highest BCUT2D eigenvalue weighted by Gasteiger charge is 2.13. The molecule has 2 aromatic rings. The maximum absolute atomic E-state index is 6.26. The van der Waals surface area contributed by atoms with E-state index in [0.29, 0.717) is 33.5 Å². The van der Waals surface area contributed by atoms with Crippen LogP contribution in [0.15, 0.2) is 34.8 Å². The summed E-state index contributed by atoms with van der Waals surface area (Å²) in [5, 5.41) is 1.84. The van der Waals surface area contributed by atoms with Gasteiger partial charge in [-0.3, -0.25) is 0 Å². The van der Waals surface area contributed by atoms with Crippen molar-refractivity contribution >= 4 is 55.1 Å². The predicted molar refractivity (Wildman–Crippen MR) is 94.1 cm³/mol. The first-order valence-electron chi connectivity index (χ1n) is 6.04. The Kier molecular flexibility index (Phi) is 6.23. The van der Waals surface area contributed by atoms with Crippen molar-refractivity contribution in [3.8, 4) is 11.5 Å². The Hall–Kier alpha value is -0.420. The van der Waals surface area contributed by atoms with E-state index in [1.54, 1.807) is 7.11 Å². The average Bonchev–Trinajstić information content (AvgIpc) is 2.46. The third-order valence-corrected chi connectivity index (χ3v) is 4.60. The molecule has 2 aromatic carbocycles. The van der Waals surface area contributed by atoms with E-state index >= 15 is 0 Å². The predicted octanol–water partition coefficient (Wildman–Crippen LogP) is 6.24. The molecule has 0 amide bonds. The lowest BCUT2D eigenvalue weighted by Crippen LogP contribution is -2.00. The third-order valence-electron chi connectivity index (χ3n) is 2.83. The van der Waals surface area contributed by atoms with Gasteiger partial charge in [0.2, 0.25) is 0 Å². The molecule has 0 heterocycles. The summed E-state index contributed by atoms with van der Waals surface area (Å²) in [6.45, 7) is 0.315. The fourth-order valence-corrected chi connectivity index (χ4v) is 3.12. The summed E-state index contributed by atoms with van der Waals surface area (Å²) < 4.78 is 12.1. The summed E-state index contributed by atoms with van der Waals surface area (Å²) >= 11 is 19.2. The summed E-state index contributed by atoms with van der Waals surface area (Å²) in [6.07, 6.45) is 0. The summed E-state index contributed by atoms with van der Waals surface area (Å²) in [6, 6.07) is 9.38. The zero-order valence-corrected chi connectivity index (χ0v) is 15.8. The van der Waals surface area contributed by atoms with Crippen LogP contribution in [-0.4, -0.2) is 7.11 Å². The van der Waals surface area contributed by atoms with Crippen LogP contribution < -0.4 is 9.47 Å². The molecule has 6 heteroatoms. The summed E-state index contributed by atoms with van der Waals surface area (Å²) in [4.78, 5) is 0. The number of rotatable bonds is 5. The largest absolute Gasteiger partial charge is 0.493 e. The Bertz CT molecular complexity index is 648. The van der Waals surface area contributed by atoms with E-state index in [-0.39, 0.29) is 0 Å². The van der Waals surface area contributed by atoms with Crippen LogP contribution in [0.5, 0.6) is 11.5 Å². The number of ether oxygens (including phenoxy) is 2. The van der Waals surface area contributed by atoms with Crippen LogP contribution in [0.1, 0.15) is 11.1 Å². The summed E-state index contributed by atoms with van der Waals surface area (Å²) in [5.41, 5.74) is 1.90. The van der Waals surface area contributed by atoms with Crippen molar-refractivity contribution in [3.05, 3.63) is 56.0 Å². The van der Waals surface area contributed by atoms with Gasteiger partial charge in [-0.25, -0.2) is 0 Å². The maximum Gasteiger partial charge on any atom is 0.180 e. The van der Waals surface area contributed by atoms with Gasteiger partial charge in [0.1, 0.15) is 6.61 Å². The molecule has 0 radical (unpaired) electrons. The molecule has 0 atom stereocenters. The molecule has 0 fully saturated rings. The molecule has 0 aromatic heterocycles. The molecule has 2 rings (SSSR count). The van der Waals surface area contributed by atoms with Gasteiger partial charge in [0, 0.05) is 20.4 Å². The average molecular weight is 455 g/mol. The van der Waals surface area contributed by atoms with E-state index in [4.69, 9.17) is 32.7 Å². The highest BCUT2D eigenvalue weighted by atomic mass is 79.9. The van der Waals surface area contributed by atoms with Gasteiger partial charge >= 0.3 is 0 Å². The molecule has 0 N–H and O–H groups in total. The number of benzene rings is 2. The van der Waals surface area contributed by atoms with Gasteiger partial charge in [-0.1, -0.05) is 61.1 Å². The van der Waals surface area contributed by atoms with E-state index in [2.05, 4.69) is 31.9 Å². The lowest BCUT2D eigenvalue weighted by molar-refractivity contribution is 0.284. The fourth-order valence-electron chi connectivity index (χ4n) is 1.78. The number of hydrogen-bond donors (Lipinski definition) is 0. The second-order valence-corrected chi connectivity index (χ2v) is 6.56. The van der Waals surface area contributed by atoms with E-state index in [1.165, 1.54) is 0 Å². The molecule has 112 valence electrons. The Morgan fingerprint density at radius 2 is 1.86 bits per heavy atom. The van der Waals surface area contributed by atoms with Gasteiger partial charge < -0.3 is 9.47 Å². The first kappa shape index (κ1) is 16.9. The summed E-state index contributed by atoms with van der Waals surface area (Å²) in [7, 11) is 1.59. The fraction of sp³-hybridized carbons (Fsp3) is 0.200. The zero-order chi connectivity index (χ0) is 15.4. The quantitative estimate of drug-likeness (QED) is 0.498. The first-order chi connectivity index (χ1) is 10.0. The van der Waals surface area contributed by atoms with Gasteiger partial charge in [0.05, 0.1) is 12.1 Å². The van der Waals surface area contributed by atoms with E-state index < -0.39 is 0 Å². The van der Waals surface area contributed by atoms with E-state index in [9.17, 15) is 0 Å². The Morgan fingerprint density at radius 3 is 2.48 bits per heavy atom. The molecule has 21 heavy (non-hydrogen) atoms. The number of halogens is 4. The maximum atomic E-state index is 6.26. The monoisotopic (exact) mass is 452 g/mol. The lowest BCUT2D eigenvalue weighted by Gasteiger charge is -2.14. The topological polar surface area (TPSA) is 18.5 Å². The van der Waals surface area contributed by atoms with Crippen LogP contribution >= 0.6 is 55.1 Å². The number of alkyl halides is 1. The minimum atomic E-state index is 0.315. The van der Waals surface area contributed by atoms with Crippen molar-refractivity contribution in [2.45, 2.75) is 11.9 Å². The molecule has 0 bridgehead atoms. The number of hydrogen-bond acceptors (Lipinski definition) is 2. The van der Waals surface area contributed by atoms with Crippen molar-refractivity contribution in [1.29, 1.82) is 0 Å². The van der Waals surface area contributed by atoms with Crippen LogP contribution in [0.25, 0.3) is 0 Å². The second kappa shape index (κ2) is 7.73. The normalized spacial score (nSPS) is 10.5. The molecule has 0 saturated heterocycles. The SMILES string of the molecule is COc1cc(CBr)cc(Cl)c1OCc1ccc(Br)cc1Cl. The summed E-state index contributed by atoms with van der Waals surface area (Å²) in [5.74, 6) is 1.12. The van der Waals surface area contributed by atoms with Gasteiger partial charge in [0.25, 0.3) is 0 Å². The van der Waals surface area contributed by atoms with Crippen LogP contribution in [0, 0.1) is 0 Å². The Morgan fingerprint density at radius 1 is 1.10 bits per heavy atom. The highest BCUT2D eigenvalue weighted by molar-refractivity contribution is 9.10. The lowest BCUT2D eigenvalue weighted by atomic mass is 10.2. The molecule has 0 aliphatic rings. The molecule has 0 aliphatic heterocycles. The van der Waals surface area contributed by atoms with Gasteiger partial charge in [0.15, 0.2) is 11.5 Å². The Labute approximate surface area is 150 Å². The van der Waals surface area contributed by atoms with Crippen LogP contribution in [0.4, 0.5) is 0 Å². The van der Waals surface area contributed by atoms with E-state index in [1.807, 2.05) is 30.3 Å². The minimum absolute atomic E-state index is 0.315. The van der Waals surface area contributed by atoms with Crippen LogP contribution in [-0.2, 0) is 11.9 Å². The van der Waals surface area contributed by atoms with Gasteiger partial charge in [-0.2, -0.15) is 0 Å². The van der Waals surface area contributed by atoms with Crippen molar-refractivity contribution < 1.29 is 9.47 Å². The molecular weight excluding hydrogens is 443 g/mol. The van der Waals surface area contributed by atoms with Crippen molar-refractivity contribution in [1.82, 2.24) is 0 Å². The van der Waals surface area contributed by atoms with Gasteiger partial charge in [-0.05, 0) is 29.8 Å². The molecule has 0 aliphatic carbocycles. The van der Waals surface area contributed by atoms with E-state index in [0.717, 1.165) is 15.6 Å². The van der Waals surface area contributed by atoms with Crippen LogP contribution in [0.3, 0.4) is 0 Å². The smallest absolute Gasteiger partial charge is 0.180 e. The molecular formula is C15H12Br2Cl2O2. The Balaban J connectivity index is 2.23. The second-order valence-electron chi connectivity index (χ2n) is 4.27. The van der Waals surface area contributed by atoms with Crippen molar-refractivity contribution in [3.63, 3.8) is 0 Å². The first-order valence-corrected chi connectivity index (χ1v) is 8.71. The molecule has 0 saturated carbocycles. The molecule has 2 nitrogen and oxygen atoms in total. The van der Waals surface area contributed by atoms with Crippen molar-refractivity contribution in [2.24, 2.45) is 0 Å². The van der Waals surface area contributed by atoms with Crippen molar-refractivity contribution in [2.75, 3.05) is 7.11 Å². The zero-order valence-electron chi connectivity index (χ0n) is 11.1. The molecule has 0 unspecified atom stereocenters. The highest BCUT2D eigenvalue weighted by Crippen LogP contribution is 2.37. The van der Waals surface area contributed by atoms with Gasteiger partial charge in [-0.15, -0.1) is 0 Å². The minimum Gasteiger partial charge on any atom is -0.493 e.